The first-order valence-electron chi connectivity index (χ1n) is 11.0. The van der Waals surface area contributed by atoms with Crippen LogP contribution in [0.25, 0.3) is 22.5 Å². The van der Waals surface area contributed by atoms with Gasteiger partial charge in [-0.15, -0.1) is 5.10 Å². The molecule has 2 aromatic carbocycles. The van der Waals surface area contributed by atoms with Crippen molar-refractivity contribution in [1.29, 1.82) is 10.5 Å². The van der Waals surface area contributed by atoms with Crippen molar-refractivity contribution in [3.05, 3.63) is 70.0 Å². The lowest BCUT2D eigenvalue weighted by Crippen LogP contribution is -2.38. The fourth-order valence-corrected chi connectivity index (χ4v) is 4.51. The van der Waals surface area contributed by atoms with Crippen LogP contribution in [0.3, 0.4) is 0 Å². The highest BCUT2D eigenvalue weighted by Crippen LogP contribution is 2.39. The molecule has 2 aromatic heterocycles. The van der Waals surface area contributed by atoms with E-state index in [0.29, 0.717) is 49.3 Å². The molecule has 0 aliphatic carbocycles. The quantitative estimate of drug-likeness (QED) is 0.452. The van der Waals surface area contributed by atoms with Gasteiger partial charge in [0.25, 0.3) is 5.56 Å². The number of para-hydroxylation sites is 1. The van der Waals surface area contributed by atoms with Gasteiger partial charge in [-0.2, -0.15) is 15.0 Å². The summed E-state index contributed by atoms with van der Waals surface area (Å²) in [6, 6.07) is 18.8. The lowest BCUT2D eigenvalue weighted by molar-refractivity contribution is 0.122. The molecule has 10 nitrogen and oxygen atoms in total. The zero-order valence-corrected chi connectivity index (χ0v) is 18.5. The van der Waals surface area contributed by atoms with Gasteiger partial charge >= 0.3 is 0 Å². The third-order valence-corrected chi connectivity index (χ3v) is 6.12. The molecule has 0 spiro atoms. The Morgan fingerprint density at radius 1 is 0.914 bits per heavy atom. The summed E-state index contributed by atoms with van der Waals surface area (Å²) in [5.74, 6) is 1.55. The van der Waals surface area contributed by atoms with Crippen molar-refractivity contribution in [2.24, 2.45) is 0 Å². The Bertz CT molecular complexity index is 1600. The number of fused-ring (bicyclic) bond motifs is 2. The topological polar surface area (TPSA) is 118 Å². The van der Waals surface area contributed by atoms with E-state index in [2.05, 4.69) is 11.2 Å². The van der Waals surface area contributed by atoms with Gasteiger partial charge in [-0.1, -0.05) is 24.3 Å². The van der Waals surface area contributed by atoms with Crippen LogP contribution >= 0.6 is 0 Å². The minimum Gasteiger partial charge on any atom is -0.454 e. The molecule has 0 unspecified atom stereocenters. The molecule has 0 atom stereocenters. The monoisotopic (exact) mass is 466 g/mol. The summed E-state index contributed by atoms with van der Waals surface area (Å²) in [6.07, 6.45) is 0. The molecule has 4 heterocycles. The number of rotatable bonds is 3. The minimum absolute atomic E-state index is 0.0837. The number of morpholine rings is 1. The average Bonchev–Trinajstić information content (AvgIpc) is 3.54. The number of hydrogen-bond donors (Lipinski definition) is 0. The maximum Gasteiger partial charge on any atom is 0.291 e. The molecule has 2 aliphatic heterocycles. The Hall–Kier alpha value is -4.80. The van der Waals surface area contributed by atoms with Gasteiger partial charge in [0.15, 0.2) is 17.1 Å². The highest BCUT2D eigenvalue weighted by molar-refractivity contribution is 5.84. The Labute approximate surface area is 199 Å². The minimum atomic E-state index is -0.599. The van der Waals surface area contributed by atoms with Crippen LogP contribution in [-0.4, -0.2) is 47.3 Å². The maximum absolute atomic E-state index is 13.6. The summed E-state index contributed by atoms with van der Waals surface area (Å²) >= 11 is 0. The van der Waals surface area contributed by atoms with E-state index in [1.165, 1.54) is 0 Å². The van der Waals surface area contributed by atoms with E-state index in [0.717, 1.165) is 10.2 Å². The number of aromatic nitrogens is 3. The van der Waals surface area contributed by atoms with Crippen LogP contribution in [0.1, 0.15) is 11.1 Å². The van der Waals surface area contributed by atoms with Crippen molar-refractivity contribution in [3.8, 4) is 40.5 Å². The summed E-state index contributed by atoms with van der Waals surface area (Å²) in [7, 11) is 0. The zero-order valence-electron chi connectivity index (χ0n) is 18.5. The number of hydrogen-bond acceptors (Lipinski definition) is 8. The van der Waals surface area contributed by atoms with Crippen molar-refractivity contribution in [2.75, 3.05) is 38.0 Å². The number of nitrogens with zero attached hydrogens (tertiary/aromatic N) is 6. The Balaban J connectivity index is 1.73. The van der Waals surface area contributed by atoms with E-state index in [4.69, 9.17) is 14.2 Å². The van der Waals surface area contributed by atoms with Crippen LogP contribution in [0.4, 0.5) is 5.95 Å². The molecule has 172 valence electrons. The summed E-state index contributed by atoms with van der Waals surface area (Å²) in [4.78, 5) is 15.6. The van der Waals surface area contributed by atoms with Gasteiger partial charge in [0.1, 0.15) is 23.3 Å². The van der Waals surface area contributed by atoms with Gasteiger partial charge < -0.3 is 19.1 Å². The van der Waals surface area contributed by atoms with Crippen molar-refractivity contribution in [3.63, 3.8) is 0 Å². The smallest absolute Gasteiger partial charge is 0.291 e. The maximum atomic E-state index is 13.6. The Morgan fingerprint density at radius 3 is 2.40 bits per heavy atom. The van der Waals surface area contributed by atoms with Crippen LogP contribution in [0.2, 0.25) is 0 Å². The van der Waals surface area contributed by atoms with Gasteiger partial charge in [-0.05, 0) is 29.8 Å². The number of pyridine rings is 1. The molecule has 35 heavy (non-hydrogen) atoms. The fraction of sp³-hybridized carbons (Fsp3) is 0.200. The molecular formula is C25H18N6O4. The summed E-state index contributed by atoms with van der Waals surface area (Å²) < 4.78 is 19.3. The van der Waals surface area contributed by atoms with E-state index < -0.39 is 5.56 Å². The third kappa shape index (κ3) is 3.20. The van der Waals surface area contributed by atoms with Gasteiger partial charge in [0.05, 0.1) is 18.9 Å². The fourth-order valence-electron chi connectivity index (χ4n) is 4.51. The first-order chi connectivity index (χ1) is 17.2. The molecule has 2 aliphatic rings. The standard InChI is InChI=1S/C25H18N6O4/c26-13-18-22(16-6-7-20-21(12-16)35-15-34-20)19(14-27)24(32)31-23(18)30(17-4-2-1-3-5-17)25(28-31)29-8-10-33-11-9-29/h1-7,12H,8-11,15H2. The number of anilines is 1. The Morgan fingerprint density at radius 2 is 1.66 bits per heavy atom. The molecule has 0 radical (unpaired) electrons. The number of benzene rings is 2. The van der Waals surface area contributed by atoms with E-state index in [1.807, 2.05) is 41.3 Å². The van der Waals surface area contributed by atoms with Crippen LogP contribution < -0.4 is 19.9 Å². The molecule has 10 heteroatoms. The first-order valence-corrected chi connectivity index (χ1v) is 11.0. The Kier molecular flexibility index (Phi) is 4.87. The molecule has 0 amide bonds. The third-order valence-electron chi connectivity index (χ3n) is 6.12. The van der Waals surface area contributed by atoms with E-state index in [-0.39, 0.29) is 29.1 Å². The lowest BCUT2D eigenvalue weighted by atomic mass is 9.96. The van der Waals surface area contributed by atoms with E-state index >= 15 is 0 Å². The molecule has 1 fully saturated rings. The molecule has 0 N–H and O–H groups in total. The van der Waals surface area contributed by atoms with Crippen molar-refractivity contribution < 1.29 is 14.2 Å². The predicted molar refractivity (Wildman–Crippen MR) is 125 cm³/mol. The SMILES string of the molecule is N#Cc1c(-c2ccc3c(c2)OCO3)c(C#N)c2n(-c3ccccc3)c(N3CCOCC3)nn2c1=O. The van der Waals surface area contributed by atoms with Gasteiger partial charge in [-0.25, -0.2) is 0 Å². The van der Waals surface area contributed by atoms with Crippen LogP contribution in [0.15, 0.2) is 53.3 Å². The lowest BCUT2D eigenvalue weighted by Gasteiger charge is -2.27. The largest absolute Gasteiger partial charge is 0.454 e. The second-order valence-corrected chi connectivity index (χ2v) is 8.03. The molecule has 1 saturated heterocycles. The van der Waals surface area contributed by atoms with Gasteiger partial charge in [-0.3, -0.25) is 9.36 Å². The van der Waals surface area contributed by atoms with Crippen molar-refractivity contribution in [1.82, 2.24) is 14.2 Å². The molecule has 0 bridgehead atoms. The summed E-state index contributed by atoms with van der Waals surface area (Å²) in [5.41, 5.74) is 1.18. The molecular weight excluding hydrogens is 448 g/mol. The predicted octanol–water partition coefficient (Wildman–Crippen LogP) is 2.46. The van der Waals surface area contributed by atoms with Crippen LogP contribution in [0, 0.1) is 22.7 Å². The van der Waals surface area contributed by atoms with Crippen molar-refractivity contribution in [2.45, 2.75) is 0 Å². The van der Waals surface area contributed by atoms with Gasteiger partial charge in [0.2, 0.25) is 12.7 Å². The average molecular weight is 466 g/mol. The van der Waals surface area contributed by atoms with E-state index in [1.54, 1.807) is 22.8 Å². The molecule has 0 saturated carbocycles. The molecule has 4 aromatic rings. The highest BCUT2D eigenvalue weighted by Gasteiger charge is 2.29. The second kappa shape index (κ2) is 8.20. The first kappa shape index (κ1) is 20.8. The summed E-state index contributed by atoms with van der Waals surface area (Å²) in [5, 5.41) is 25.0. The van der Waals surface area contributed by atoms with E-state index in [9.17, 15) is 15.3 Å². The zero-order chi connectivity index (χ0) is 23.9. The number of ether oxygens (including phenoxy) is 3. The summed E-state index contributed by atoms with van der Waals surface area (Å²) in [6.45, 7) is 2.27. The highest BCUT2D eigenvalue weighted by atomic mass is 16.7. The van der Waals surface area contributed by atoms with Crippen LogP contribution in [-0.2, 0) is 4.74 Å². The second-order valence-electron chi connectivity index (χ2n) is 8.03. The molecule has 6 rings (SSSR count). The normalized spacial score (nSPS) is 14.6. The van der Waals surface area contributed by atoms with Gasteiger partial charge in [0, 0.05) is 18.7 Å². The van der Waals surface area contributed by atoms with Crippen LogP contribution in [0.5, 0.6) is 11.5 Å². The number of nitriles is 2. The van der Waals surface area contributed by atoms with Crippen molar-refractivity contribution >= 4 is 11.6 Å².